The van der Waals surface area contributed by atoms with Gasteiger partial charge in [-0.05, 0) is 70.7 Å². The maximum Gasteiger partial charge on any atom is 0.0194 e. The lowest BCUT2D eigenvalue weighted by atomic mass is 10.1. The fourth-order valence-electron chi connectivity index (χ4n) is 3.49. The molecule has 0 aliphatic carbocycles. The van der Waals surface area contributed by atoms with E-state index in [0.29, 0.717) is 0 Å². The lowest BCUT2D eigenvalue weighted by Gasteiger charge is -2.28. The summed E-state index contributed by atoms with van der Waals surface area (Å²) in [6.07, 6.45) is 4.20. The molecule has 2 atom stereocenters. The Morgan fingerprint density at radius 2 is 1.84 bits per heavy atom. The van der Waals surface area contributed by atoms with Gasteiger partial charge in [0.05, 0.1) is 0 Å². The number of nitrogens with zero attached hydrogens (tertiary/aromatic N) is 2. The van der Waals surface area contributed by atoms with E-state index in [1.807, 2.05) is 0 Å². The zero-order chi connectivity index (χ0) is 13.7. The van der Waals surface area contributed by atoms with Crippen LogP contribution in [0, 0.1) is 11.8 Å². The summed E-state index contributed by atoms with van der Waals surface area (Å²) in [5.41, 5.74) is 0. The second kappa shape index (κ2) is 7.61. The number of rotatable bonds is 7. The molecule has 0 radical (unpaired) electrons. The fraction of sp³-hybridized carbons (Fsp3) is 1.00. The average molecular weight is 267 g/mol. The molecule has 0 aromatic rings. The lowest BCUT2D eigenvalue weighted by molar-refractivity contribution is 0.188. The average Bonchev–Trinajstić information content (AvgIpc) is 2.99. The topological polar surface area (TPSA) is 18.5 Å². The van der Waals surface area contributed by atoms with E-state index in [2.05, 4.69) is 35.9 Å². The molecule has 1 N–H and O–H groups in total. The molecule has 2 aliphatic heterocycles. The van der Waals surface area contributed by atoms with Gasteiger partial charge in [0.15, 0.2) is 0 Å². The Hall–Kier alpha value is -0.120. The summed E-state index contributed by atoms with van der Waals surface area (Å²) in [5.74, 6) is 1.65. The van der Waals surface area contributed by atoms with E-state index < -0.39 is 0 Å². The molecule has 2 saturated heterocycles. The van der Waals surface area contributed by atoms with Crippen LogP contribution in [0.5, 0.6) is 0 Å². The van der Waals surface area contributed by atoms with Gasteiger partial charge in [-0.2, -0.15) is 0 Å². The zero-order valence-corrected chi connectivity index (χ0v) is 13.2. The van der Waals surface area contributed by atoms with Gasteiger partial charge in [0, 0.05) is 19.1 Å². The highest BCUT2D eigenvalue weighted by atomic mass is 15.2. The van der Waals surface area contributed by atoms with Crippen LogP contribution in [0.3, 0.4) is 0 Å². The maximum atomic E-state index is 3.62. The van der Waals surface area contributed by atoms with Gasteiger partial charge < -0.3 is 10.2 Å². The second-order valence-corrected chi connectivity index (χ2v) is 7.06. The Bertz CT molecular complexity index is 248. The van der Waals surface area contributed by atoms with Gasteiger partial charge in [-0.1, -0.05) is 13.8 Å². The number of hydrogen-bond acceptors (Lipinski definition) is 3. The van der Waals surface area contributed by atoms with Gasteiger partial charge in [0.1, 0.15) is 0 Å². The van der Waals surface area contributed by atoms with Crippen molar-refractivity contribution in [1.29, 1.82) is 0 Å². The van der Waals surface area contributed by atoms with E-state index in [-0.39, 0.29) is 0 Å². The smallest absolute Gasteiger partial charge is 0.0194 e. The molecule has 2 heterocycles. The molecule has 0 amide bonds. The van der Waals surface area contributed by atoms with Crippen LogP contribution < -0.4 is 5.32 Å². The first-order valence-electron chi connectivity index (χ1n) is 8.32. The highest BCUT2D eigenvalue weighted by Gasteiger charge is 2.26. The molecule has 2 fully saturated rings. The molecule has 112 valence electrons. The van der Waals surface area contributed by atoms with E-state index in [4.69, 9.17) is 0 Å². The zero-order valence-electron chi connectivity index (χ0n) is 13.2. The van der Waals surface area contributed by atoms with Gasteiger partial charge in [-0.25, -0.2) is 0 Å². The summed E-state index contributed by atoms with van der Waals surface area (Å²) >= 11 is 0. The molecule has 0 bridgehead atoms. The van der Waals surface area contributed by atoms with Crippen LogP contribution in [0.15, 0.2) is 0 Å². The molecule has 3 heteroatoms. The predicted octanol–water partition coefficient (Wildman–Crippen LogP) is 2.04. The van der Waals surface area contributed by atoms with Crippen LogP contribution in [0.1, 0.15) is 40.0 Å². The molecule has 0 saturated carbocycles. The predicted molar refractivity (Wildman–Crippen MR) is 82.5 cm³/mol. The molecule has 0 aromatic carbocycles. The summed E-state index contributed by atoms with van der Waals surface area (Å²) in [6, 6.07) is 0.755. The quantitative estimate of drug-likeness (QED) is 0.761. The van der Waals surface area contributed by atoms with Gasteiger partial charge in [0.2, 0.25) is 0 Å². The Balaban J connectivity index is 1.61. The van der Waals surface area contributed by atoms with E-state index >= 15 is 0 Å². The highest BCUT2D eigenvalue weighted by molar-refractivity contribution is 4.82. The summed E-state index contributed by atoms with van der Waals surface area (Å²) < 4.78 is 0. The van der Waals surface area contributed by atoms with Crippen LogP contribution in [0.4, 0.5) is 0 Å². The standard InChI is InChI=1S/C16H33N3/c1-14(2)10-17-11-16-6-9-18(13-16)12-15(3)19-7-4-5-8-19/h14-17H,4-13H2,1-3H3. The molecule has 3 nitrogen and oxygen atoms in total. The third kappa shape index (κ3) is 5.05. The third-order valence-electron chi connectivity index (χ3n) is 4.64. The van der Waals surface area contributed by atoms with Crippen LogP contribution >= 0.6 is 0 Å². The molecular weight excluding hydrogens is 234 g/mol. The van der Waals surface area contributed by atoms with Gasteiger partial charge in [0.25, 0.3) is 0 Å². The maximum absolute atomic E-state index is 3.62. The largest absolute Gasteiger partial charge is 0.316 e. The molecule has 0 spiro atoms. The molecule has 2 rings (SSSR count). The SMILES string of the molecule is CC(C)CNCC1CCN(CC(C)N2CCCC2)C1. The van der Waals surface area contributed by atoms with E-state index in [1.165, 1.54) is 65.1 Å². The molecular formula is C16H33N3. The number of nitrogens with one attached hydrogen (secondary N) is 1. The van der Waals surface area contributed by atoms with E-state index in [9.17, 15) is 0 Å². The monoisotopic (exact) mass is 267 g/mol. The van der Waals surface area contributed by atoms with Crippen LogP contribution in [0.25, 0.3) is 0 Å². The van der Waals surface area contributed by atoms with Crippen molar-refractivity contribution >= 4 is 0 Å². The minimum absolute atomic E-state index is 0.755. The Morgan fingerprint density at radius 1 is 1.11 bits per heavy atom. The summed E-state index contributed by atoms with van der Waals surface area (Å²) in [7, 11) is 0. The van der Waals surface area contributed by atoms with Crippen molar-refractivity contribution in [2.45, 2.75) is 46.1 Å². The summed E-state index contributed by atoms with van der Waals surface area (Å²) in [5, 5.41) is 3.62. The van der Waals surface area contributed by atoms with Crippen molar-refractivity contribution in [2.75, 3.05) is 45.8 Å². The molecule has 19 heavy (non-hydrogen) atoms. The van der Waals surface area contributed by atoms with Gasteiger partial charge in [-0.15, -0.1) is 0 Å². The van der Waals surface area contributed by atoms with Crippen molar-refractivity contribution in [2.24, 2.45) is 11.8 Å². The van der Waals surface area contributed by atoms with E-state index in [0.717, 1.165) is 17.9 Å². The summed E-state index contributed by atoms with van der Waals surface area (Å²) in [6.45, 7) is 15.9. The van der Waals surface area contributed by atoms with Crippen molar-refractivity contribution in [3.8, 4) is 0 Å². The highest BCUT2D eigenvalue weighted by Crippen LogP contribution is 2.18. The first-order valence-corrected chi connectivity index (χ1v) is 8.32. The second-order valence-electron chi connectivity index (χ2n) is 7.06. The normalized spacial score (nSPS) is 27.5. The van der Waals surface area contributed by atoms with Crippen LogP contribution in [0.2, 0.25) is 0 Å². The minimum Gasteiger partial charge on any atom is -0.316 e. The van der Waals surface area contributed by atoms with Crippen LogP contribution in [-0.2, 0) is 0 Å². The first kappa shape index (κ1) is 15.3. The molecule has 2 aliphatic rings. The van der Waals surface area contributed by atoms with E-state index in [1.54, 1.807) is 0 Å². The number of likely N-dealkylation sites (tertiary alicyclic amines) is 2. The lowest BCUT2D eigenvalue weighted by Crippen LogP contribution is -2.40. The van der Waals surface area contributed by atoms with Gasteiger partial charge in [-0.3, -0.25) is 4.90 Å². The Labute approximate surface area is 119 Å². The fourth-order valence-corrected chi connectivity index (χ4v) is 3.49. The van der Waals surface area contributed by atoms with Crippen molar-refractivity contribution < 1.29 is 0 Å². The van der Waals surface area contributed by atoms with Crippen molar-refractivity contribution in [3.05, 3.63) is 0 Å². The number of hydrogen-bond donors (Lipinski definition) is 1. The van der Waals surface area contributed by atoms with Crippen molar-refractivity contribution in [3.63, 3.8) is 0 Å². The molecule has 2 unspecified atom stereocenters. The molecule has 0 aromatic heterocycles. The Kier molecular flexibility index (Phi) is 6.11. The van der Waals surface area contributed by atoms with Gasteiger partial charge >= 0.3 is 0 Å². The Morgan fingerprint density at radius 3 is 2.53 bits per heavy atom. The van der Waals surface area contributed by atoms with Crippen LogP contribution in [-0.4, -0.2) is 61.7 Å². The first-order chi connectivity index (χ1) is 9.15. The minimum atomic E-state index is 0.755. The third-order valence-corrected chi connectivity index (χ3v) is 4.64. The van der Waals surface area contributed by atoms with Crippen molar-refractivity contribution in [1.82, 2.24) is 15.1 Å². The summed E-state index contributed by atoms with van der Waals surface area (Å²) in [4.78, 5) is 5.36.